The number of benzene rings is 2. The summed E-state index contributed by atoms with van der Waals surface area (Å²) >= 11 is 0. The van der Waals surface area contributed by atoms with E-state index in [1.165, 1.54) is 24.3 Å². The number of aromatic nitrogens is 2. The standard InChI is InChI=1S/C24H20F2N4O3/c1-14-22-19(13-20(29-24(22)33-30-14)16-5-7-17(25)8-6-16)23(32)28-10-9-27-21(31)12-15-3-2-4-18(26)11-15/h2-8,11,13H,9-10,12H2,1H3,(H,27,31)(H,28,32). The zero-order chi connectivity index (χ0) is 23.4. The molecule has 0 saturated heterocycles. The van der Waals surface area contributed by atoms with E-state index < -0.39 is 11.7 Å². The van der Waals surface area contributed by atoms with Gasteiger partial charge in [0.2, 0.25) is 5.91 Å². The van der Waals surface area contributed by atoms with Crippen molar-refractivity contribution >= 4 is 22.9 Å². The lowest BCUT2D eigenvalue weighted by atomic mass is 10.1. The molecule has 2 heterocycles. The minimum absolute atomic E-state index is 0.0393. The molecular formula is C24H20F2N4O3. The first-order valence-corrected chi connectivity index (χ1v) is 10.2. The summed E-state index contributed by atoms with van der Waals surface area (Å²) in [5.41, 5.74) is 2.63. The molecule has 9 heteroatoms. The third-order valence-electron chi connectivity index (χ3n) is 4.99. The number of halogens is 2. The van der Waals surface area contributed by atoms with E-state index in [1.807, 2.05) is 0 Å². The van der Waals surface area contributed by atoms with Crippen LogP contribution in [0.2, 0.25) is 0 Å². The van der Waals surface area contributed by atoms with E-state index in [0.29, 0.717) is 33.5 Å². The maximum absolute atomic E-state index is 13.3. The molecular weight excluding hydrogens is 430 g/mol. The number of fused-ring (bicyclic) bond motifs is 1. The van der Waals surface area contributed by atoms with Crippen LogP contribution >= 0.6 is 0 Å². The first kappa shape index (κ1) is 22.1. The molecule has 7 nitrogen and oxygen atoms in total. The van der Waals surface area contributed by atoms with Crippen LogP contribution in [-0.4, -0.2) is 35.0 Å². The van der Waals surface area contributed by atoms with Crippen LogP contribution in [0.1, 0.15) is 21.6 Å². The molecule has 0 saturated carbocycles. The number of hydrogen-bond donors (Lipinski definition) is 2. The number of aryl methyl sites for hydroxylation is 1. The second-order valence-electron chi connectivity index (χ2n) is 7.42. The number of nitrogens with one attached hydrogen (secondary N) is 2. The topological polar surface area (TPSA) is 97.1 Å². The van der Waals surface area contributed by atoms with Crippen molar-refractivity contribution < 1.29 is 22.9 Å². The van der Waals surface area contributed by atoms with Gasteiger partial charge < -0.3 is 15.2 Å². The number of carbonyl (C=O) groups excluding carboxylic acids is 2. The molecule has 0 aliphatic rings. The molecule has 2 N–H and O–H groups in total. The minimum atomic E-state index is -0.403. The van der Waals surface area contributed by atoms with Crippen molar-refractivity contribution in [2.45, 2.75) is 13.3 Å². The third-order valence-corrected chi connectivity index (χ3v) is 4.99. The molecule has 0 fully saturated rings. The fourth-order valence-corrected chi connectivity index (χ4v) is 3.41. The molecule has 0 aliphatic heterocycles. The van der Waals surface area contributed by atoms with Crippen molar-refractivity contribution in [3.8, 4) is 11.3 Å². The van der Waals surface area contributed by atoms with Gasteiger partial charge in [0, 0.05) is 18.7 Å². The van der Waals surface area contributed by atoms with E-state index in [1.54, 1.807) is 37.3 Å². The Labute approximate surface area is 187 Å². The molecule has 0 atom stereocenters. The summed E-state index contributed by atoms with van der Waals surface area (Å²) in [7, 11) is 0. The van der Waals surface area contributed by atoms with Crippen LogP contribution in [0.15, 0.2) is 59.1 Å². The van der Waals surface area contributed by atoms with E-state index in [-0.39, 0.29) is 36.9 Å². The van der Waals surface area contributed by atoms with Gasteiger partial charge in [0.15, 0.2) is 0 Å². The fourth-order valence-electron chi connectivity index (χ4n) is 3.41. The molecule has 4 rings (SSSR count). The highest BCUT2D eigenvalue weighted by molar-refractivity contribution is 6.07. The summed E-state index contributed by atoms with van der Waals surface area (Å²) in [6, 6.07) is 13.1. The number of pyridine rings is 1. The summed E-state index contributed by atoms with van der Waals surface area (Å²) in [5, 5.41) is 9.81. The molecule has 0 unspecified atom stereocenters. The van der Waals surface area contributed by atoms with Crippen molar-refractivity contribution in [3.63, 3.8) is 0 Å². The highest BCUT2D eigenvalue weighted by Gasteiger charge is 2.19. The molecule has 4 aromatic rings. The SMILES string of the molecule is Cc1noc2nc(-c3ccc(F)cc3)cc(C(=O)NCCNC(=O)Cc3cccc(F)c3)c12. The largest absolute Gasteiger partial charge is 0.354 e. The van der Waals surface area contributed by atoms with Gasteiger partial charge in [0.05, 0.1) is 28.8 Å². The number of rotatable bonds is 7. The smallest absolute Gasteiger partial charge is 0.259 e. The highest BCUT2D eigenvalue weighted by atomic mass is 19.1. The van der Waals surface area contributed by atoms with Crippen LogP contribution in [0.25, 0.3) is 22.4 Å². The van der Waals surface area contributed by atoms with Crippen molar-refractivity contribution in [2.24, 2.45) is 0 Å². The first-order valence-electron chi connectivity index (χ1n) is 10.2. The van der Waals surface area contributed by atoms with E-state index in [0.717, 1.165) is 0 Å². The lowest BCUT2D eigenvalue weighted by molar-refractivity contribution is -0.120. The van der Waals surface area contributed by atoms with E-state index >= 15 is 0 Å². The van der Waals surface area contributed by atoms with Crippen LogP contribution in [0, 0.1) is 18.6 Å². The van der Waals surface area contributed by atoms with Gasteiger partial charge in [0.25, 0.3) is 11.6 Å². The van der Waals surface area contributed by atoms with Crippen molar-refractivity contribution in [3.05, 3.63) is 83.1 Å². The second-order valence-corrected chi connectivity index (χ2v) is 7.42. The quantitative estimate of drug-likeness (QED) is 0.420. The Hall–Kier alpha value is -4.14. The Morgan fingerprint density at radius 3 is 2.48 bits per heavy atom. The number of carbonyl (C=O) groups is 2. The Morgan fingerprint density at radius 2 is 1.73 bits per heavy atom. The average molecular weight is 450 g/mol. The number of hydrogen-bond acceptors (Lipinski definition) is 5. The maximum Gasteiger partial charge on any atom is 0.259 e. The average Bonchev–Trinajstić information content (AvgIpc) is 3.17. The van der Waals surface area contributed by atoms with Gasteiger partial charge >= 0.3 is 0 Å². The Kier molecular flexibility index (Phi) is 6.39. The molecule has 0 bridgehead atoms. The van der Waals surface area contributed by atoms with Gasteiger partial charge in [-0.25, -0.2) is 13.8 Å². The van der Waals surface area contributed by atoms with Gasteiger partial charge in [-0.3, -0.25) is 9.59 Å². The predicted molar refractivity (Wildman–Crippen MR) is 117 cm³/mol. The highest BCUT2D eigenvalue weighted by Crippen LogP contribution is 2.27. The summed E-state index contributed by atoms with van der Waals surface area (Å²) in [6.45, 7) is 2.07. The monoisotopic (exact) mass is 450 g/mol. The van der Waals surface area contributed by atoms with Crippen LogP contribution in [0.5, 0.6) is 0 Å². The third kappa shape index (κ3) is 5.20. The molecule has 2 amide bonds. The van der Waals surface area contributed by atoms with E-state index in [9.17, 15) is 18.4 Å². The van der Waals surface area contributed by atoms with Crippen LogP contribution in [0.4, 0.5) is 8.78 Å². The van der Waals surface area contributed by atoms with E-state index in [2.05, 4.69) is 20.8 Å². The first-order chi connectivity index (χ1) is 15.9. The molecule has 33 heavy (non-hydrogen) atoms. The summed E-state index contributed by atoms with van der Waals surface area (Å²) in [6.07, 6.45) is 0.0393. The number of amides is 2. The Bertz CT molecular complexity index is 1320. The Balaban J connectivity index is 1.42. The van der Waals surface area contributed by atoms with Crippen molar-refractivity contribution in [1.82, 2.24) is 20.8 Å². The van der Waals surface area contributed by atoms with E-state index in [4.69, 9.17) is 4.52 Å². The summed E-state index contributed by atoms with van der Waals surface area (Å²) < 4.78 is 31.8. The number of nitrogens with zero attached hydrogens (tertiary/aromatic N) is 2. The summed E-state index contributed by atoms with van der Waals surface area (Å²) in [5.74, 6) is -1.46. The molecule has 0 radical (unpaired) electrons. The van der Waals surface area contributed by atoms with Gasteiger partial charge in [-0.2, -0.15) is 0 Å². The lowest BCUT2D eigenvalue weighted by Gasteiger charge is -2.09. The zero-order valence-electron chi connectivity index (χ0n) is 17.7. The lowest BCUT2D eigenvalue weighted by Crippen LogP contribution is -2.35. The molecule has 0 spiro atoms. The Morgan fingerprint density at radius 1 is 0.970 bits per heavy atom. The van der Waals surface area contributed by atoms with Crippen molar-refractivity contribution in [1.29, 1.82) is 0 Å². The van der Waals surface area contributed by atoms with Crippen LogP contribution in [0.3, 0.4) is 0 Å². The zero-order valence-corrected chi connectivity index (χ0v) is 17.7. The maximum atomic E-state index is 13.3. The van der Waals surface area contributed by atoms with Gasteiger partial charge in [-0.15, -0.1) is 0 Å². The minimum Gasteiger partial charge on any atom is -0.354 e. The van der Waals surface area contributed by atoms with Crippen LogP contribution < -0.4 is 10.6 Å². The summed E-state index contributed by atoms with van der Waals surface area (Å²) in [4.78, 5) is 29.3. The van der Waals surface area contributed by atoms with Gasteiger partial charge in [-0.1, -0.05) is 17.3 Å². The van der Waals surface area contributed by atoms with Crippen LogP contribution in [-0.2, 0) is 11.2 Å². The normalized spacial score (nSPS) is 10.9. The molecule has 168 valence electrons. The van der Waals surface area contributed by atoms with Gasteiger partial charge in [-0.05, 0) is 55.0 Å². The van der Waals surface area contributed by atoms with Crippen molar-refractivity contribution in [2.75, 3.05) is 13.1 Å². The van der Waals surface area contributed by atoms with Gasteiger partial charge in [0.1, 0.15) is 11.6 Å². The molecule has 0 aliphatic carbocycles. The predicted octanol–water partition coefficient (Wildman–Crippen LogP) is 3.57. The fraction of sp³-hybridized carbons (Fsp3) is 0.167. The molecule has 2 aromatic carbocycles. The second kappa shape index (κ2) is 9.56. The molecule has 2 aromatic heterocycles.